The first-order chi connectivity index (χ1) is 19.6. The van der Waals surface area contributed by atoms with Crippen LogP contribution in [0.5, 0.6) is 0 Å². The molecule has 4 aliphatic rings. The maximum Gasteiger partial charge on any atom is 0.265 e. The van der Waals surface area contributed by atoms with E-state index in [9.17, 15) is 28.8 Å². The Hall–Kier alpha value is -3.86. The number of nitrogens with one attached hydrogen (secondary N) is 2. The maximum absolute atomic E-state index is 12.3. The number of aryl methyl sites for hydroxylation is 2. The Morgan fingerprint density at radius 1 is 0.756 bits per heavy atom. The number of amides is 6. The van der Waals surface area contributed by atoms with E-state index in [0.717, 1.165) is 27.1 Å². The number of piperidine rings is 2. The van der Waals surface area contributed by atoms with Gasteiger partial charge in [0.1, 0.15) is 12.1 Å². The first kappa shape index (κ1) is 31.7. The molecule has 220 valence electrons. The van der Waals surface area contributed by atoms with Crippen LogP contribution in [0.15, 0.2) is 23.6 Å². The number of benzene rings is 1. The first-order valence-corrected chi connectivity index (χ1v) is 15.0. The lowest BCUT2D eigenvalue weighted by Crippen LogP contribution is -2.52. The third-order valence-corrected chi connectivity index (χ3v) is 8.28. The van der Waals surface area contributed by atoms with E-state index in [1.54, 1.807) is 15.9 Å². The average molecular weight is 583 g/mol. The molecule has 1 aromatic carbocycles. The van der Waals surface area contributed by atoms with Crippen molar-refractivity contribution in [1.82, 2.24) is 20.4 Å². The van der Waals surface area contributed by atoms with Crippen LogP contribution >= 0.6 is 11.3 Å². The predicted molar refractivity (Wildman–Crippen MR) is 155 cm³/mol. The number of imide groups is 2. The van der Waals surface area contributed by atoms with Crippen molar-refractivity contribution in [3.05, 3.63) is 56.3 Å². The highest BCUT2D eigenvalue weighted by Gasteiger charge is 2.41. The lowest BCUT2D eigenvalue weighted by atomic mass is 10.0. The fourth-order valence-electron chi connectivity index (χ4n) is 5.15. The Labute approximate surface area is 244 Å². The van der Waals surface area contributed by atoms with Crippen LogP contribution in [0.2, 0.25) is 0 Å². The fourth-order valence-corrected chi connectivity index (χ4v) is 6.17. The number of thiophene rings is 1. The van der Waals surface area contributed by atoms with Gasteiger partial charge in [0.15, 0.2) is 0 Å². The van der Waals surface area contributed by atoms with Gasteiger partial charge in [0.2, 0.25) is 23.6 Å². The van der Waals surface area contributed by atoms with Crippen molar-refractivity contribution in [3.8, 4) is 0 Å². The van der Waals surface area contributed by atoms with Gasteiger partial charge in [0.05, 0.1) is 4.88 Å². The SMILES string of the molecule is CC.CC.Cc1ccc2c(c1)CN(C1CCC(=O)NC1=O)C2=O.Cc1csc2c1CN(C1CCC(=O)NC1=O)C2=O. The summed E-state index contributed by atoms with van der Waals surface area (Å²) in [7, 11) is 0. The molecule has 0 bridgehead atoms. The van der Waals surface area contributed by atoms with Gasteiger partial charge in [0.25, 0.3) is 11.8 Å². The zero-order valence-corrected chi connectivity index (χ0v) is 25.3. The summed E-state index contributed by atoms with van der Waals surface area (Å²) in [5.74, 6) is -1.45. The molecule has 2 unspecified atom stereocenters. The van der Waals surface area contributed by atoms with Crippen molar-refractivity contribution in [3.63, 3.8) is 0 Å². The number of hydrogen-bond acceptors (Lipinski definition) is 7. The molecule has 5 heterocycles. The van der Waals surface area contributed by atoms with Gasteiger partial charge in [0, 0.05) is 31.5 Å². The minimum absolute atomic E-state index is 0.0856. The second-order valence-corrected chi connectivity index (χ2v) is 10.6. The second kappa shape index (κ2) is 13.7. The number of carbonyl (C=O) groups is 6. The lowest BCUT2D eigenvalue weighted by Gasteiger charge is -2.29. The number of hydrogen-bond donors (Lipinski definition) is 2. The molecule has 0 saturated carbocycles. The summed E-state index contributed by atoms with van der Waals surface area (Å²) < 4.78 is 0. The fraction of sp³-hybridized carbons (Fsp3) is 0.467. The van der Waals surface area contributed by atoms with Crippen LogP contribution < -0.4 is 10.6 Å². The van der Waals surface area contributed by atoms with Crippen LogP contribution in [-0.2, 0) is 32.3 Å². The van der Waals surface area contributed by atoms with Gasteiger partial charge in [-0.15, -0.1) is 11.3 Å². The lowest BCUT2D eigenvalue weighted by molar-refractivity contribution is -0.138. The van der Waals surface area contributed by atoms with Gasteiger partial charge < -0.3 is 9.80 Å². The van der Waals surface area contributed by atoms with Crippen molar-refractivity contribution >= 4 is 46.8 Å². The van der Waals surface area contributed by atoms with E-state index in [4.69, 9.17) is 0 Å². The van der Waals surface area contributed by atoms with E-state index in [1.807, 2.05) is 59.1 Å². The van der Waals surface area contributed by atoms with E-state index in [1.165, 1.54) is 11.3 Å². The third kappa shape index (κ3) is 6.56. The molecule has 6 rings (SSSR count). The number of fused-ring (bicyclic) bond motifs is 2. The number of rotatable bonds is 2. The summed E-state index contributed by atoms with van der Waals surface area (Å²) in [6.07, 6.45) is 1.41. The number of carbonyl (C=O) groups excluding carboxylic acids is 6. The topological polar surface area (TPSA) is 133 Å². The van der Waals surface area contributed by atoms with Gasteiger partial charge in [-0.3, -0.25) is 39.4 Å². The number of nitrogens with zero attached hydrogens (tertiary/aromatic N) is 2. The zero-order valence-electron chi connectivity index (χ0n) is 24.5. The summed E-state index contributed by atoms with van der Waals surface area (Å²) in [6.45, 7) is 12.9. The summed E-state index contributed by atoms with van der Waals surface area (Å²) in [5.41, 5.74) is 4.83. The normalized spacial score (nSPS) is 20.9. The molecule has 2 atom stereocenters. The van der Waals surface area contributed by atoms with Crippen LogP contribution in [0.25, 0.3) is 0 Å². The highest BCUT2D eigenvalue weighted by Crippen LogP contribution is 2.33. The van der Waals surface area contributed by atoms with Gasteiger partial charge in [-0.05, 0) is 54.8 Å². The monoisotopic (exact) mass is 582 g/mol. The van der Waals surface area contributed by atoms with Crippen LogP contribution in [0.4, 0.5) is 0 Å². The predicted octanol–water partition coefficient (Wildman–Crippen LogP) is 3.63. The first-order valence-electron chi connectivity index (χ1n) is 14.1. The standard InChI is InChI=1S/C14H14N2O3.C12H12N2O3S.2C2H6/c1-8-2-3-10-9(6-8)7-16(14(10)19)11-4-5-12(17)15-13(11)18;1-6-5-18-10-7(6)4-14(12(10)17)8-2-3-9(15)13-11(8)16;2*1-2/h2-3,6,11H,4-5,7H2,1H3,(H,15,17,18);5,8H,2-4H2,1H3,(H,13,15,16);2*1-2H3. The van der Waals surface area contributed by atoms with E-state index in [-0.39, 0.29) is 41.9 Å². The Kier molecular flexibility index (Phi) is 10.6. The Balaban J connectivity index is 0.000000202. The molecule has 2 aromatic rings. The van der Waals surface area contributed by atoms with E-state index >= 15 is 0 Å². The van der Waals surface area contributed by atoms with Crippen LogP contribution in [-0.4, -0.2) is 57.3 Å². The molecule has 2 N–H and O–H groups in total. The van der Waals surface area contributed by atoms with E-state index in [0.29, 0.717) is 37.9 Å². The molecular formula is C30H38N4O6S. The van der Waals surface area contributed by atoms with Gasteiger partial charge in [-0.25, -0.2) is 0 Å². The maximum atomic E-state index is 12.3. The molecule has 10 nitrogen and oxygen atoms in total. The van der Waals surface area contributed by atoms with E-state index < -0.39 is 12.1 Å². The van der Waals surface area contributed by atoms with Crippen LogP contribution in [0.1, 0.15) is 95.7 Å². The van der Waals surface area contributed by atoms with Gasteiger partial charge >= 0.3 is 0 Å². The minimum Gasteiger partial charge on any atom is -0.322 e. The third-order valence-electron chi connectivity index (χ3n) is 7.15. The summed E-state index contributed by atoms with van der Waals surface area (Å²) in [6, 6.07) is 4.63. The quantitative estimate of drug-likeness (QED) is 0.520. The molecule has 0 aliphatic carbocycles. The molecule has 2 saturated heterocycles. The molecular weight excluding hydrogens is 544 g/mol. The van der Waals surface area contributed by atoms with Gasteiger partial charge in [-0.1, -0.05) is 45.4 Å². The Morgan fingerprint density at radius 3 is 1.80 bits per heavy atom. The molecule has 4 aliphatic heterocycles. The largest absolute Gasteiger partial charge is 0.322 e. The van der Waals surface area contributed by atoms with Crippen LogP contribution in [0.3, 0.4) is 0 Å². The summed E-state index contributed by atoms with van der Waals surface area (Å²) in [4.78, 5) is 74.2. The summed E-state index contributed by atoms with van der Waals surface area (Å²) in [5, 5.41) is 6.55. The van der Waals surface area contributed by atoms with Crippen molar-refractivity contribution in [2.24, 2.45) is 0 Å². The average Bonchev–Trinajstić information content (AvgIpc) is 3.59. The molecule has 11 heteroatoms. The van der Waals surface area contributed by atoms with Crippen molar-refractivity contribution < 1.29 is 28.8 Å². The zero-order chi connectivity index (χ0) is 30.4. The summed E-state index contributed by atoms with van der Waals surface area (Å²) >= 11 is 1.43. The Morgan fingerprint density at radius 2 is 1.29 bits per heavy atom. The molecule has 2 fully saturated rings. The Bertz CT molecular complexity index is 1370. The van der Waals surface area contributed by atoms with Gasteiger partial charge in [-0.2, -0.15) is 0 Å². The van der Waals surface area contributed by atoms with Crippen molar-refractivity contribution in [2.75, 3.05) is 0 Å². The molecule has 6 amide bonds. The highest BCUT2D eigenvalue weighted by molar-refractivity contribution is 7.12. The second-order valence-electron chi connectivity index (χ2n) is 9.69. The molecule has 0 radical (unpaired) electrons. The van der Waals surface area contributed by atoms with Crippen molar-refractivity contribution in [2.45, 2.75) is 92.4 Å². The molecule has 41 heavy (non-hydrogen) atoms. The minimum atomic E-state index is -0.530. The molecule has 1 aromatic heterocycles. The van der Waals surface area contributed by atoms with E-state index in [2.05, 4.69) is 10.6 Å². The van der Waals surface area contributed by atoms with Crippen LogP contribution in [0, 0.1) is 13.8 Å². The smallest absolute Gasteiger partial charge is 0.265 e. The van der Waals surface area contributed by atoms with Crippen molar-refractivity contribution in [1.29, 1.82) is 0 Å². The molecule has 0 spiro atoms. The highest BCUT2D eigenvalue weighted by atomic mass is 32.1.